The van der Waals surface area contributed by atoms with Crippen molar-refractivity contribution in [2.24, 2.45) is 0 Å². The van der Waals surface area contributed by atoms with Gasteiger partial charge in [0.25, 0.3) is 5.56 Å². The van der Waals surface area contributed by atoms with E-state index in [2.05, 4.69) is 20.6 Å². The van der Waals surface area contributed by atoms with Crippen molar-refractivity contribution < 1.29 is 4.79 Å². The van der Waals surface area contributed by atoms with Gasteiger partial charge in [-0.05, 0) is 12.1 Å². The summed E-state index contributed by atoms with van der Waals surface area (Å²) >= 11 is 8.71. The van der Waals surface area contributed by atoms with E-state index in [0.29, 0.717) is 20.8 Å². The highest BCUT2D eigenvalue weighted by atomic mass is 35.5. The van der Waals surface area contributed by atoms with Crippen molar-refractivity contribution in [2.75, 3.05) is 5.32 Å². The van der Waals surface area contributed by atoms with Crippen molar-refractivity contribution in [3.63, 3.8) is 0 Å². The van der Waals surface area contributed by atoms with Crippen molar-refractivity contribution in [3.05, 3.63) is 38.2 Å². The Labute approximate surface area is 160 Å². The van der Waals surface area contributed by atoms with Crippen molar-refractivity contribution in [2.45, 2.75) is 26.3 Å². The van der Waals surface area contributed by atoms with Gasteiger partial charge in [0.1, 0.15) is 23.4 Å². The minimum absolute atomic E-state index is 0.0462. The molecule has 0 fully saturated rings. The molecule has 0 bridgehead atoms. The Bertz CT molecular complexity index is 1170. The minimum atomic E-state index is -0.383. The highest BCUT2D eigenvalue weighted by molar-refractivity contribution is 7.22. The molecule has 0 atom stereocenters. The van der Waals surface area contributed by atoms with Gasteiger partial charge in [0.05, 0.1) is 14.6 Å². The van der Waals surface area contributed by atoms with Crippen molar-refractivity contribution in [1.82, 2.24) is 24.4 Å². The number of fused-ring (bicyclic) bond motifs is 3. The standard InChI is InChI=1S/C15H13ClN6O2S2/c1-7(2)13-20-21(5-12(23)18-15-19-17-6-25-15)14(24)9-3-10-8(22(9)13)4-11(16)26-10/h3-4,6-7H,5H2,1-2H3,(H,18,19,23). The summed E-state index contributed by atoms with van der Waals surface area (Å²) < 4.78 is 4.57. The molecule has 134 valence electrons. The average Bonchev–Trinajstić information content (AvgIpc) is 3.26. The lowest BCUT2D eigenvalue weighted by molar-refractivity contribution is -0.117. The molecule has 1 N–H and O–H groups in total. The zero-order valence-electron chi connectivity index (χ0n) is 13.8. The van der Waals surface area contributed by atoms with Gasteiger partial charge in [-0.25, -0.2) is 4.68 Å². The Morgan fingerprint density at radius 1 is 1.35 bits per heavy atom. The molecular weight excluding hydrogens is 396 g/mol. The maximum absolute atomic E-state index is 12.8. The van der Waals surface area contributed by atoms with E-state index in [1.807, 2.05) is 24.3 Å². The summed E-state index contributed by atoms with van der Waals surface area (Å²) in [4.78, 5) is 25.1. The molecule has 26 heavy (non-hydrogen) atoms. The largest absolute Gasteiger partial charge is 0.299 e. The van der Waals surface area contributed by atoms with E-state index >= 15 is 0 Å². The summed E-state index contributed by atoms with van der Waals surface area (Å²) in [7, 11) is 0. The number of rotatable bonds is 4. The second-order valence-corrected chi connectivity index (χ2v) is 8.48. The number of aromatic nitrogens is 5. The second-order valence-electron chi connectivity index (χ2n) is 5.93. The van der Waals surface area contributed by atoms with Crippen molar-refractivity contribution >= 4 is 61.0 Å². The fourth-order valence-electron chi connectivity index (χ4n) is 2.72. The number of halogens is 1. The van der Waals surface area contributed by atoms with E-state index in [1.165, 1.54) is 32.9 Å². The minimum Gasteiger partial charge on any atom is -0.299 e. The van der Waals surface area contributed by atoms with Crippen LogP contribution in [-0.2, 0) is 11.3 Å². The van der Waals surface area contributed by atoms with Gasteiger partial charge in [-0.1, -0.05) is 36.8 Å². The monoisotopic (exact) mass is 408 g/mol. The molecule has 1 amide bonds. The number of anilines is 1. The normalized spacial score (nSPS) is 11.7. The molecule has 0 saturated heterocycles. The van der Waals surface area contributed by atoms with E-state index in [9.17, 15) is 9.59 Å². The molecule has 8 nitrogen and oxygen atoms in total. The Morgan fingerprint density at radius 2 is 2.15 bits per heavy atom. The predicted octanol–water partition coefficient (Wildman–Crippen LogP) is 2.98. The molecule has 0 saturated carbocycles. The lowest BCUT2D eigenvalue weighted by Crippen LogP contribution is -2.32. The van der Waals surface area contributed by atoms with Gasteiger partial charge in [-0.15, -0.1) is 21.5 Å². The van der Waals surface area contributed by atoms with Crippen LogP contribution in [-0.4, -0.2) is 30.3 Å². The number of carbonyl (C=O) groups is 1. The van der Waals surface area contributed by atoms with Crippen LogP contribution in [0.3, 0.4) is 0 Å². The number of amides is 1. The second kappa shape index (κ2) is 6.45. The fraction of sp³-hybridized carbons (Fsp3) is 0.267. The van der Waals surface area contributed by atoms with Crippen molar-refractivity contribution in [1.29, 1.82) is 0 Å². The third-order valence-corrected chi connectivity index (χ3v) is 5.59. The molecule has 0 aromatic carbocycles. The van der Waals surface area contributed by atoms with E-state index in [1.54, 1.807) is 6.07 Å². The molecule has 0 radical (unpaired) electrons. The summed E-state index contributed by atoms with van der Waals surface area (Å²) in [6.45, 7) is 3.77. The van der Waals surface area contributed by atoms with Gasteiger partial charge in [-0.3, -0.25) is 19.3 Å². The topological polar surface area (TPSA) is 94.2 Å². The summed E-state index contributed by atoms with van der Waals surface area (Å²) in [5.74, 6) is 0.351. The van der Waals surface area contributed by atoms with Gasteiger partial charge in [-0.2, -0.15) is 5.10 Å². The summed E-state index contributed by atoms with van der Waals surface area (Å²) in [5.41, 5.74) is 2.52. The first-order chi connectivity index (χ1) is 12.4. The van der Waals surface area contributed by atoms with Crippen LogP contribution in [0, 0.1) is 0 Å². The molecule has 0 aliphatic heterocycles. The van der Waals surface area contributed by atoms with Gasteiger partial charge >= 0.3 is 0 Å². The molecule has 0 aliphatic carbocycles. The highest BCUT2D eigenvalue weighted by Crippen LogP contribution is 2.32. The van der Waals surface area contributed by atoms with Crippen LogP contribution in [0.4, 0.5) is 5.13 Å². The van der Waals surface area contributed by atoms with Gasteiger partial charge in [0.2, 0.25) is 11.0 Å². The number of nitrogens with zero attached hydrogens (tertiary/aromatic N) is 5. The van der Waals surface area contributed by atoms with Crippen LogP contribution in [0.2, 0.25) is 4.34 Å². The maximum atomic E-state index is 12.8. The molecule has 11 heteroatoms. The number of hydrogen-bond donors (Lipinski definition) is 1. The lowest BCUT2D eigenvalue weighted by atomic mass is 10.2. The molecule has 0 spiro atoms. The highest BCUT2D eigenvalue weighted by Gasteiger charge is 2.19. The number of hydrogen-bond acceptors (Lipinski definition) is 7. The third kappa shape index (κ3) is 2.89. The molecule has 4 aromatic rings. The van der Waals surface area contributed by atoms with Crippen LogP contribution >= 0.6 is 34.3 Å². The molecular formula is C15H13ClN6O2S2. The first kappa shape index (κ1) is 17.1. The quantitative estimate of drug-likeness (QED) is 0.560. The molecule has 4 heterocycles. The number of thiophene rings is 1. The SMILES string of the molecule is CC(C)c1nn(CC(=O)Nc2nncs2)c(=O)c2cc3sc(Cl)cc3n12. The third-order valence-electron chi connectivity index (χ3n) is 3.78. The zero-order valence-corrected chi connectivity index (χ0v) is 16.2. The smallest absolute Gasteiger partial charge is 0.291 e. The van der Waals surface area contributed by atoms with Crippen LogP contribution < -0.4 is 10.9 Å². The van der Waals surface area contributed by atoms with Crippen LogP contribution in [0.25, 0.3) is 15.7 Å². The Kier molecular flexibility index (Phi) is 4.25. The Hall–Kier alpha value is -2.30. The van der Waals surface area contributed by atoms with Gasteiger partial charge in [0.15, 0.2) is 0 Å². The molecule has 0 aliphatic rings. The van der Waals surface area contributed by atoms with E-state index < -0.39 is 0 Å². The Balaban J connectivity index is 1.81. The molecule has 0 unspecified atom stereocenters. The van der Waals surface area contributed by atoms with Crippen LogP contribution in [0.15, 0.2) is 22.4 Å². The first-order valence-corrected chi connectivity index (χ1v) is 9.79. The summed E-state index contributed by atoms with van der Waals surface area (Å²) in [5, 5.41) is 14.8. The molecule has 4 aromatic heterocycles. The van der Waals surface area contributed by atoms with Crippen molar-refractivity contribution in [3.8, 4) is 0 Å². The summed E-state index contributed by atoms with van der Waals surface area (Å²) in [6.07, 6.45) is 0. The van der Waals surface area contributed by atoms with E-state index in [0.717, 1.165) is 10.2 Å². The van der Waals surface area contributed by atoms with Gasteiger partial charge < -0.3 is 0 Å². The van der Waals surface area contributed by atoms with Crippen LogP contribution in [0.5, 0.6) is 0 Å². The number of nitrogens with one attached hydrogen (secondary N) is 1. The Morgan fingerprint density at radius 3 is 2.85 bits per heavy atom. The lowest BCUT2D eigenvalue weighted by Gasteiger charge is -2.12. The van der Waals surface area contributed by atoms with E-state index in [-0.39, 0.29) is 23.9 Å². The van der Waals surface area contributed by atoms with Gasteiger partial charge in [0, 0.05) is 5.92 Å². The van der Waals surface area contributed by atoms with Crippen LogP contribution in [0.1, 0.15) is 25.6 Å². The maximum Gasteiger partial charge on any atom is 0.291 e. The average molecular weight is 409 g/mol. The number of carbonyl (C=O) groups excluding carboxylic acids is 1. The molecule has 4 rings (SSSR count). The predicted molar refractivity (Wildman–Crippen MR) is 102 cm³/mol. The first-order valence-electron chi connectivity index (χ1n) is 7.71. The zero-order chi connectivity index (χ0) is 18.4. The summed E-state index contributed by atoms with van der Waals surface area (Å²) in [6, 6.07) is 3.62. The van der Waals surface area contributed by atoms with E-state index in [4.69, 9.17) is 11.6 Å². The fourth-order valence-corrected chi connectivity index (χ4v) is 4.34.